The standard InChI is InChI=1S/C19H19FN4O2S/c1-11-19(10-27-18(21)24-19)15-6-14(4-3-13(15)9-26-11)23-17(25)16-5-2-12(7-20)8-22-16/h2-6,8,11H,7,9-10H2,1H3,(H2,21,24)(H,23,25). The van der Waals surface area contributed by atoms with E-state index in [0.29, 0.717) is 28.8 Å². The van der Waals surface area contributed by atoms with Gasteiger partial charge in [0.05, 0.1) is 12.7 Å². The second-order valence-corrected chi connectivity index (χ2v) is 7.62. The van der Waals surface area contributed by atoms with E-state index in [1.54, 1.807) is 6.07 Å². The molecule has 1 spiro atoms. The molecule has 0 saturated heterocycles. The number of alkyl halides is 1. The van der Waals surface area contributed by atoms with Gasteiger partial charge in [0.15, 0.2) is 5.17 Å². The number of nitrogens with two attached hydrogens (primary N) is 1. The number of hydrogen-bond acceptors (Lipinski definition) is 6. The van der Waals surface area contributed by atoms with Crippen molar-refractivity contribution in [1.29, 1.82) is 0 Å². The second kappa shape index (κ2) is 6.94. The number of aliphatic imine (C=N–C) groups is 1. The Morgan fingerprint density at radius 2 is 2.30 bits per heavy atom. The number of hydrogen-bond donors (Lipinski definition) is 2. The van der Waals surface area contributed by atoms with E-state index in [1.165, 1.54) is 24.0 Å². The minimum absolute atomic E-state index is 0.112. The highest BCUT2D eigenvalue weighted by Gasteiger charge is 2.46. The summed E-state index contributed by atoms with van der Waals surface area (Å²) in [6.07, 6.45) is 1.25. The van der Waals surface area contributed by atoms with Crippen LogP contribution in [0.15, 0.2) is 41.5 Å². The maximum absolute atomic E-state index is 12.6. The number of anilines is 1. The first-order valence-electron chi connectivity index (χ1n) is 8.57. The van der Waals surface area contributed by atoms with Gasteiger partial charge in [-0.1, -0.05) is 23.9 Å². The number of thioether (sulfide) groups is 1. The highest BCUT2D eigenvalue weighted by Crippen LogP contribution is 2.45. The van der Waals surface area contributed by atoms with Gasteiger partial charge in [-0.3, -0.25) is 9.78 Å². The summed E-state index contributed by atoms with van der Waals surface area (Å²) in [5.41, 5.74) is 8.77. The quantitative estimate of drug-likeness (QED) is 0.846. The second-order valence-electron chi connectivity index (χ2n) is 6.63. The first-order chi connectivity index (χ1) is 13.0. The van der Waals surface area contributed by atoms with Crippen LogP contribution >= 0.6 is 11.8 Å². The molecule has 2 aromatic rings. The Morgan fingerprint density at radius 1 is 1.44 bits per heavy atom. The number of fused-ring (bicyclic) bond motifs is 2. The number of pyridine rings is 1. The average Bonchev–Trinajstić information content (AvgIpc) is 3.08. The third kappa shape index (κ3) is 3.19. The summed E-state index contributed by atoms with van der Waals surface area (Å²) in [4.78, 5) is 21.2. The fourth-order valence-corrected chi connectivity index (χ4v) is 4.43. The van der Waals surface area contributed by atoms with Crippen molar-refractivity contribution < 1.29 is 13.9 Å². The fraction of sp³-hybridized carbons (Fsp3) is 0.316. The molecule has 0 radical (unpaired) electrons. The maximum Gasteiger partial charge on any atom is 0.274 e. The molecular weight excluding hydrogens is 367 g/mol. The Hall–Kier alpha value is -2.45. The first-order valence-corrected chi connectivity index (χ1v) is 9.56. The lowest BCUT2D eigenvalue weighted by Crippen LogP contribution is -2.42. The zero-order chi connectivity index (χ0) is 19.0. The maximum atomic E-state index is 12.6. The van der Waals surface area contributed by atoms with Crippen LogP contribution in [0.25, 0.3) is 0 Å². The highest BCUT2D eigenvalue weighted by molar-refractivity contribution is 8.14. The molecule has 1 aromatic carbocycles. The highest BCUT2D eigenvalue weighted by atomic mass is 32.2. The molecule has 4 rings (SSSR count). The molecule has 0 saturated carbocycles. The molecule has 0 aliphatic carbocycles. The number of nitrogens with zero attached hydrogens (tertiary/aromatic N) is 2. The molecule has 1 amide bonds. The van der Waals surface area contributed by atoms with Crippen LogP contribution in [0.4, 0.5) is 10.1 Å². The minimum atomic E-state index is -0.607. The molecule has 6 nitrogen and oxygen atoms in total. The van der Waals surface area contributed by atoms with E-state index >= 15 is 0 Å². The van der Waals surface area contributed by atoms with Crippen LogP contribution in [0, 0.1) is 0 Å². The van der Waals surface area contributed by atoms with Gasteiger partial charge < -0.3 is 15.8 Å². The third-order valence-corrected chi connectivity index (χ3v) is 5.93. The van der Waals surface area contributed by atoms with E-state index in [4.69, 9.17) is 10.5 Å². The van der Waals surface area contributed by atoms with E-state index in [-0.39, 0.29) is 17.7 Å². The summed E-state index contributed by atoms with van der Waals surface area (Å²) in [6, 6.07) is 8.77. The molecule has 3 N–H and O–H groups in total. The first kappa shape index (κ1) is 17.9. The molecule has 2 unspecified atom stereocenters. The Labute approximate surface area is 160 Å². The van der Waals surface area contributed by atoms with Crippen molar-refractivity contribution in [3.63, 3.8) is 0 Å². The SMILES string of the molecule is CC1OCc2ccc(NC(=O)c3ccc(CF)cn3)cc2C12CSC(N)=N2. The molecule has 0 fully saturated rings. The monoisotopic (exact) mass is 386 g/mol. The van der Waals surface area contributed by atoms with Gasteiger partial charge in [-0.25, -0.2) is 9.38 Å². The summed E-state index contributed by atoms with van der Waals surface area (Å²) in [5.74, 6) is 0.356. The number of carbonyl (C=O) groups is 1. The van der Waals surface area contributed by atoms with E-state index in [0.717, 1.165) is 11.1 Å². The molecule has 8 heteroatoms. The average molecular weight is 386 g/mol. The van der Waals surface area contributed by atoms with Crippen LogP contribution in [0.5, 0.6) is 0 Å². The topological polar surface area (TPSA) is 89.6 Å². The Morgan fingerprint density at radius 3 is 2.96 bits per heavy atom. The predicted molar refractivity (Wildman–Crippen MR) is 103 cm³/mol. The van der Waals surface area contributed by atoms with Gasteiger partial charge in [0.2, 0.25) is 0 Å². The number of nitrogens with one attached hydrogen (secondary N) is 1. The van der Waals surface area contributed by atoms with Crippen molar-refractivity contribution in [2.75, 3.05) is 11.1 Å². The lowest BCUT2D eigenvalue weighted by atomic mass is 9.82. The van der Waals surface area contributed by atoms with Gasteiger partial charge in [-0.15, -0.1) is 0 Å². The summed E-state index contributed by atoms with van der Waals surface area (Å²) in [7, 11) is 0. The largest absolute Gasteiger partial charge is 0.379 e. The Kier molecular flexibility index (Phi) is 4.61. The van der Waals surface area contributed by atoms with Crippen LogP contribution in [0.2, 0.25) is 0 Å². The number of halogens is 1. The summed E-state index contributed by atoms with van der Waals surface area (Å²) in [6.45, 7) is 1.88. The van der Waals surface area contributed by atoms with Crippen LogP contribution in [0.3, 0.4) is 0 Å². The number of amidine groups is 1. The number of aromatic nitrogens is 1. The zero-order valence-corrected chi connectivity index (χ0v) is 15.6. The van der Waals surface area contributed by atoms with Crippen LogP contribution in [0.1, 0.15) is 34.1 Å². The molecule has 1 aromatic heterocycles. The van der Waals surface area contributed by atoms with E-state index in [1.807, 2.05) is 25.1 Å². The smallest absolute Gasteiger partial charge is 0.274 e. The Bertz CT molecular complexity index is 918. The number of benzene rings is 1. The Balaban J connectivity index is 1.63. The fourth-order valence-electron chi connectivity index (χ4n) is 3.38. The van der Waals surface area contributed by atoms with Crippen molar-refractivity contribution in [3.8, 4) is 0 Å². The van der Waals surface area contributed by atoms with Gasteiger partial charge >= 0.3 is 0 Å². The van der Waals surface area contributed by atoms with Crippen LogP contribution in [-0.4, -0.2) is 27.9 Å². The van der Waals surface area contributed by atoms with Gasteiger partial charge in [-0.2, -0.15) is 0 Å². The number of amides is 1. The summed E-state index contributed by atoms with van der Waals surface area (Å²) in [5, 5.41) is 3.40. The van der Waals surface area contributed by atoms with Crippen LogP contribution in [-0.2, 0) is 23.6 Å². The van der Waals surface area contributed by atoms with Crippen molar-refractivity contribution in [3.05, 3.63) is 58.9 Å². The van der Waals surface area contributed by atoms with E-state index in [2.05, 4.69) is 15.3 Å². The summed E-state index contributed by atoms with van der Waals surface area (Å²) >= 11 is 1.51. The van der Waals surface area contributed by atoms with Gasteiger partial charge in [-0.05, 0) is 36.2 Å². The van der Waals surface area contributed by atoms with E-state index in [9.17, 15) is 9.18 Å². The molecule has 140 valence electrons. The van der Waals surface area contributed by atoms with E-state index < -0.39 is 12.2 Å². The summed E-state index contributed by atoms with van der Waals surface area (Å²) < 4.78 is 18.5. The zero-order valence-electron chi connectivity index (χ0n) is 14.7. The molecule has 3 heterocycles. The lowest BCUT2D eigenvalue weighted by Gasteiger charge is -2.38. The number of rotatable bonds is 3. The van der Waals surface area contributed by atoms with Crippen molar-refractivity contribution in [2.45, 2.75) is 31.8 Å². The van der Waals surface area contributed by atoms with Crippen molar-refractivity contribution >= 4 is 28.5 Å². The lowest BCUT2D eigenvalue weighted by molar-refractivity contribution is -0.00896. The van der Waals surface area contributed by atoms with Gasteiger partial charge in [0.25, 0.3) is 5.91 Å². The number of carbonyl (C=O) groups excluding carboxylic acids is 1. The molecule has 2 atom stereocenters. The van der Waals surface area contributed by atoms with Gasteiger partial charge in [0.1, 0.15) is 17.9 Å². The number of ether oxygens (including phenoxy) is 1. The van der Waals surface area contributed by atoms with Crippen molar-refractivity contribution in [1.82, 2.24) is 4.98 Å². The van der Waals surface area contributed by atoms with Gasteiger partial charge in [0, 0.05) is 23.2 Å². The normalized spacial score (nSPS) is 23.8. The minimum Gasteiger partial charge on any atom is -0.379 e. The predicted octanol–water partition coefficient (Wildman–Crippen LogP) is 2.98. The third-order valence-electron chi connectivity index (χ3n) is 4.96. The molecule has 2 aliphatic heterocycles. The molecule has 27 heavy (non-hydrogen) atoms. The van der Waals surface area contributed by atoms with Crippen molar-refractivity contribution in [2.24, 2.45) is 10.7 Å². The molecule has 2 aliphatic rings. The molecule has 0 bridgehead atoms. The molecular formula is C19H19FN4O2S. The van der Waals surface area contributed by atoms with Crippen LogP contribution < -0.4 is 11.1 Å².